The van der Waals surface area contributed by atoms with Gasteiger partial charge in [-0.2, -0.15) is 0 Å². The Balaban J connectivity index is 1.64. The second kappa shape index (κ2) is 6.75. The molecule has 1 unspecified atom stereocenters. The number of likely N-dealkylation sites (tertiary alicyclic amines) is 1. The molecule has 0 aromatic heterocycles. The molecule has 0 aromatic rings. The molecular formula is C16H30N2O3S. The summed E-state index contributed by atoms with van der Waals surface area (Å²) in [6.45, 7) is 1.99. The Hall–Kier alpha value is -0.170. The standard InChI is InChI=1S/C16H30N2O3S/c1-17(22(19,20)12-13-5-3-6-13)15-7-4-8-16(15)18-10-9-14(11-18)21-2/h13-16H,3-12H2,1-2H3/t14?,15-,16+/m1/s1. The lowest BCUT2D eigenvalue weighted by molar-refractivity contribution is 0.0943. The molecule has 6 heteroatoms. The van der Waals surface area contributed by atoms with Gasteiger partial charge in [0.15, 0.2) is 0 Å². The molecule has 0 bridgehead atoms. The number of sulfonamides is 1. The van der Waals surface area contributed by atoms with E-state index in [-0.39, 0.29) is 6.04 Å². The van der Waals surface area contributed by atoms with Crippen LogP contribution in [-0.2, 0) is 14.8 Å². The first-order chi connectivity index (χ1) is 10.5. The summed E-state index contributed by atoms with van der Waals surface area (Å²) in [5.74, 6) is 0.755. The second-order valence-corrected chi connectivity index (χ2v) is 9.37. The molecule has 22 heavy (non-hydrogen) atoms. The summed E-state index contributed by atoms with van der Waals surface area (Å²) >= 11 is 0. The summed E-state index contributed by atoms with van der Waals surface area (Å²) in [5, 5.41) is 0. The maximum absolute atomic E-state index is 12.7. The fraction of sp³-hybridized carbons (Fsp3) is 1.00. The molecule has 1 saturated heterocycles. The maximum atomic E-state index is 12.7. The van der Waals surface area contributed by atoms with Gasteiger partial charge in [-0.3, -0.25) is 4.90 Å². The lowest BCUT2D eigenvalue weighted by Gasteiger charge is -2.36. The quantitative estimate of drug-likeness (QED) is 0.744. The third-order valence-electron chi connectivity index (χ3n) is 6.00. The molecule has 0 radical (unpaired) electrons. The topological polar surface area (TPSA) is 49.9 Å². The first-order valence-electron chi connectivity index (χ1n) is 8.74. The van der Waals surface area contributed by atoms with Crippen LogP contribution in [0.1, 0.15) is 44.9 Å². The van der Waals surface area contributed by atoms with Crippen molar-refractivity contribution in [1.29, 1.82) is 0 Å². The van der Waals surface area contributed by atoms with Crippen LogP contribution in [-0.4, -0.2) is 68.8 Å². The largest absolute Gasteiger partial charge is 0.380 e. The average molecular weight is 330 g/mol. The normalized spacial score (nSPS) is 34.4. The van der Waals surface area contributed by atoms with Gasteiger partial charge in [0.25, 0.3) is 0 Å². The van der Waals surface area contributed by atoms with Crippen molar-refractivity contribution in [2.45, 2.75) is 63.1 Å². The first kappa shape index (κ1) is 16.7. The van der Waals surface area contributed by atoms with E-state index in [0.29, 0.717) is 23.8 Å². The molecule has 0 aromatic carbocycles. The summed E-state index contributed by atoms with van der Waals surface area (Å²) in [4.78, 5) is 2.46. The molecule has 128 valence electrons. The molecule has 3 fully saturated rings. The lowest BCUT2D eigenvalue weighted by atomic mass is 9.87. The molecule has 2 saturated carbocycles. The van der Waals surface area contributed by atoms with Gasteiger partial charge in [0.2, 0.25) is 10.0 Å². The molecular weight excluding hydrogens is 300 g/mol. The second-order valence-electron chi connectivity index (χ2n) is 7.30. The molecule has 1 aliphatic heterocycles. The number of hydrogen-bond donors (Lipinski definition) is 0. The van der Waals surface area contributed by atoms with Crippen LogP contribution in [0, 0.1) is 5.92 Å². The number of ether oxygens (including phenoxy) is 1. The third-order valence-corrected chi connectivity index (χ3v) is 8.04. The Morgan fingerprint density at radius 3 is 2.45 bits per heavy atom. The van der Waals surface area contributed by atoms with Crippen LogP contribution in [0.4, 0.5) is 0 Å². The van der Waals surface area contributed by atoms with Crippen molar-refractivity contribution >= 4 is 10.0 Å². The van der Waals surface area contributed by atoms with E-state index in [0.717, 1.165) is 51.6 Å². The van der Waals surface area contributed by atoms with Gasteiger partial charge >= 0.3 is 0 Å². The molecule has 3 atom stereocenters. The Kier molecular flexibility index (Phi) is 5.12. The molecule has 3 aliphatic rings. The zero-order chi connectivity index (χ0) is 15.7. The number of rotatable bonds is 6. The molecule has 0 amide bonds. The molecule has 5 nitrogen and oxygen atoms in total. The highest BCUT2D eigenvalue weighted by Crippen LogP contribution is 2.34. The molecule has 0 spiro atoms. The smallest absolute Gasteiger partial charge is 0.214 e. The summed E-state index contributed by atoms with van der Waals surface area (Å²) < 4.78 is 32.5. The summed E-state index contributed by atoms with van der Waals surface area (Å²) in [6.07, 6.45) is 8.00. The van der Waals surface area contributed by atoms with E-state index in [1.54, 1.807) is 18.5 Å². The number of methoxy groups -OCH3 is 1. The Bertz CT molecular complexity index is 478. The number of hydrogen-bond acceptors (Lipinski definition) is 4. The fourth-order valence-electron chi connectivity index (χ4n) is 4.30. The van der Waals surface area contributed by atoms with Crippen molar-refractivity contribution in [3.8, 4) is 0 Å². The molecule has 2 aliphatic carbocycles. The first-order valence-corrected chi connectivity index (χ1v) is 10.3. The Labute approximate surface area is 135 Å². The van der Waals surface area contributed by atoms with Crippen LogP contribution >= 0.6 is 0 Å². The SMILES string of the molecule is COC1CCN([C@H]2CCC[C@H]2N(C)S(=O)(=O)CC2CCC2)C1. The summed E-state index contributed by atoms with van der Waals surface area (Å²) in [5.41, 5.74) is 0. The third kappa shape index (κ3) is 3.35. The number of likely N-dealkylation sites (N-methyl/N-ethyl adjacent to an activating group) is 1. The van der Waals surface area contributed by atoms with Gasteiger partial charge in [-0.05, 0) is 38.0 Å². The number of nitrogens with zero attached hydrogens (tertiary/aromatic N) is 2. The highest BCUT2D eigenvalue weighted by Gasteiger charge is 2.41. The van der Waals surface area contributed by atoms with Crippen LogP contribution in [0.25, 0.3) is 0 Å². The highest BCUT2D eigenvalue weighted by atomic mass is 32.2. The van der Waals surface area contributed by atoms with Crippen molar-refractivity contribution in [3.63, 3.8) is 0 Å². The van der Waals surface area contributed by atoms with Gasteiger partial charge in [0.1, 0.15) is 0 Å². The van der Waals surface area contributed by atoms with E-state index in [1.807, 2.05) is 0 Å². The highest BCUT2D eigenvalue weighted by molar-refractivity contribution is 7.89. The molecule has 3 rings (SSSR count). The minimum absolute atomic E-state index is 0.153. The predicted octanol–water partition coefficient (Wildman–Crippen LogP) is 1.69. The van der Waals surface area contributed by atoms with Gasteiger partial charge in [0, 0.05) is 39.3 Å². The van der Waals surface area contributed by atoms with E-state index >= 15 is 0 Å². The van der Waals surface area contributed by atoms with Gasteiger partial charge in [-0.1, -0.05) is 12.8 Å². The van der Waals surface area contributed by atoms with Crippen LogP contribution in [0.5, 0.6) is 0 Å². The maximum Gasteiger partial charge on any atom is 0.214 e. The van der Waals surface area contributed by atoms with Crippen molar-refractivity contribution in [2.24, 2.45) is 5.92 Å². The van der Waals surface area contributed by atoms with Crippen LogP contribution < -0.4 is 0 Å². The minimum Gasteiger partial charge on any atom is -0.380 e. The van der Waals surface area contributed by atoms with Crippen molar-refractivity contribution in [2.75, 3.05) is 33.0 Å². The van der Waals surface area contributed by atoms with Gasteiger partial charge in [-0.25, -0.2) is 12.7 Å². The van der Waals surface area contributed by atoms with Crippen molar-refractivity contribution in [3.05, 3.63) is 0 Å². The predicted molar refractivity (Wildman–Crippen MR) is 87.3 cm³/mol. The summed E-state index contributed by atoms with van der Waals surface area (Å²) in [7, 11) is 0.470. The van der Waals surface area contributed by atoms with Crippen LogP contribution in [0.2, 0.25) is 0 Å². The van der Waals surface area contributed by atoms with E-state index in [4.69, 9.17) is 4.74 Å². The van der Waals surface area contributed by atoms with Crippen LogP contribution in [0.15, 0.2) is 0 Å². The Morgan fingerprint density at radius 2 is 1.86 bits per heavy atom. The monoisotopic (exact) mass is 330 g/mol. The van der Waals surface area contributed by atoms with Gasteiger partial charge < -0.3 is 4.74 Å². The van der Waals surface area contributed by atoms with E-state index in [9.17, 15) is 8.42 Å². The zero-order valence-corrected chi connectivity index (χ0v) is 14.7. The van der Waals surface area contributed by atoms with E-state index in [1.165, 1.54) is 6.42 Å². The van der Waals surface area contributed by atoms with Crippen molar-refractivity contribution < 1.29 is 13.2 Å². The van der Waals surface area contributed by atoms with Crippen molar-refractivity contribution in [1.82, 2.24) is 9.21 Å². The van der Waals surface area contributed by atoms with Gasteiger partial charge in [-0.15, -0.1) is 0 Å². The van der Waals surface area contributed by atoms with E-state index in [2.05, 4.69) is 4.90 Å². The Morgan fingerprint density at radius 1 is 1.14 bits per heavy atom. The summed E-state index contributed by atoms with van der Waals surface area (Å²) in [6, 6.07) is 0.530. The zero-order valence-electron chi connectivity index (χ0n) is 13.9. The molecule has 1 heterocycles. The van der Waals surface area contributed by atoms with Gasteiger partial charge in [0.05, 0.1) is 11.9 Å². The average Bonchev–Trinajstić information content (AvgIpc) is 3.10. The lowest BCUT2D eigenvalue weighted by Crippen LogP contribution is -2.50. The van der Waals surface area contributed by atoms with E-state index < -0.39 is 10.0 Å². The minimum atomic E-state index is -3.11. The molecule has 0 N–H and O–H groups in total. The fourth-order valence-corrected chi connectivity index (χ4v) is 6.12. The van der Waals surface area contributed by atoms with Crippen LogP contribution in [0.3, 0.4) is 0 Å².